The largest absolute Gasteiger partial charge is 0.348 e. The topological polar surface area (TPSA) is 72.7 Å². The highest BCUT2D eigenvalue weighted by atomic mass is 35.5. The molecule has 0 saturated heterocycles. The van der Waals surface area contributed by atoms with Crippen molar-refractivity contribution in [1.82, 2.24) is 25.5 Å². The van der Waals surface area contributed by atoms with Gasteiger partial charge in [-0.05, 0) is 40.6 Å². The summed E-state index contributed by atoms with van der Waals surface area (Å²) in [6.07, 6.45) is 1.91. The molecule has 0 spiro atoms. The second-order valence-corrected chi connectivity index (χ2v) is 6.74. The lowest BCUT2D eigenvalue weighted by atomic mass is 10.0. The van der Waals surface area contributed by atoms with Gasteiger partial charge in [0.05, 0.1) is 6.04 Å². The van der Waals surface area contributed by atoms with Crippen LogP contribution in [0.25, 0.3) is 0 Å². The summed E-state index contributed by atoms with van der Waals surface area (Å²) >= 11 is 12.2. The van der Waals surface area contributed by atoms with Crippen LogP contribution in [0.15, 0.2) is 54.9 Å². The van der Waals surface area contributed by atoms with Gasteiger partial charge in [-0.3, -0.25) is 4.79 Å². The van der Waals surface area contributed by atoms with Gasteiger partial charge in [0.2, 0.25) is 5.91 Å². The third kappa shape index (κ3) is 4.39. The van der Waals surface area contributed by atoms with Crippen molar-refractivity contribution in [1.29, 1.82) is 0 Å². The van der Waals surface area contributed by atoms with Gasteiger partial charge < -0.3 is 5.32 Å². The summed E-state index contributed by atoms with van der Waals surface area (Å²) in [6.45, 7) is 1.87. The van der Waals surface area contributed by atoms with Gasteiger partial charge in [0, 0.05) is 16.5 Å². The van der Waals surface area contributed by atoms with Crippen molar-refractivity contribution in [3.63, 3.8) is 0 Å². The van der Waals surface area contributed by atoms with Crippen molar-refractivity contribution in [3.05, 3.63) is 76.0 Å². The molecule has 0 aliphatic rings. The summed E-state index contributed by atoms with van der Waals surface area (Å²) in [5, 5.41) is 15.2. The highest BCUT2D eigenvalue weighted by Crippen LogP contribution is 2.26. The molecule has 2 aromatic carbocycles. The third-order valence-electron chi connectivity index (χ3n) is 4.05. The van der Waals surface area contributed by atoms with Crippen molar-refractivity contribution in [2.24, 2.45) is 0 Å². The van der Waals surface area contributed by atoms with Crippen LogP contribution in [0.3, 0.4) is 0 Å². The van der Waals surface area contributed by atoms with Crippen molar-refractivity contribution in [2.45, 2.75) is 25.4 Å². The van der Waals surface area contributed by atoms with E-state index in [-0.39, 0.29) is 11.9 Å². The van der Waals surface area contributed by atoms with Crippen molar-refractivity contribution >= 4 is 29.1 Å². The molecule has 1 heterocycles. The lowest BCUT2D eigenvalue weighted by molar-refractivity contribution is -0.125. The van der Waals surface area contributed by atoms with Crippen LogP contribution in [0.4, 0.5) is 0 Å². The van der Waals surface area contributed by atoms with E-state index in [9.17, 15) is 4.79 Å². The second-order valence-electron chi connectivity index (χ2n) is 5.89. The van der Waals surface area contributed by atoms with Crippen molar-refractivity contribution < 1.29 is 4.79 Å². The lowest BCUT2D eigenvalue weighted by Crippen LogP contribution is -2.36. The smallest absolute Gasteiger partial charge is 0.245 e. The van der Waals surface area contributed by atoms with Crippen LogP contribution in [0.5, 0.6) is 0 Å². The third-order valence-corrected chi connectivity index (χ3v) is 4.61. The zero-order valence-corrected chi connectivity index (χ0v) is 15.5. The summed E-state index contributed by atoms with van der Waals surface area (Å²) in [5.74, 6) is -0.195. The molecule has 0 aliphatic carbocycles. The Morgan fingerprint density at radius 1 is 1.19 bits per heavy atom. The molecule has 1 amide bonds. The average Bonchev–Trinajstić information content (AvgIpc) is 3.14. The molecular formula is C18H17Cl2N5O. The number of nitrogens with one attached hydrogen (secondary N) is 1. The molecule has 134 valence electrons. The Bertz CT molecular complexity index is 871. The molecule has 0 bridgehead atoms. The summed E-state index contributed by atoms with van der Waals surface area (Å²) < 4.78 is 1.46. The summed E-state index contributed by atoms with van der Waals surface area (Å²) in [6, 6.07) is 14.1. The van der Waals surface area contributed by atoms with Gasteiger partial charge in [0.1, 0.15) is 12.4 Å². The van der Waals surface area contributed by atoms with Crippen molar-refractivity contribution in [3.8, 4) is 0 Å². The standard InChI is InChI=1S/C18H17Cl2N5O/c1-12(15-8-7-14(19)10-16(15)20)22-18(26)17(25-11-21-23-24-25)9-13-5-3-2-4-6-13/h2-8,10-12,17H,9H2,1H3,(H,22,26)/t12-,17+/m1/s1. The Balaban J connectivity index is 1.79. The quantitative estimate of drug-likeness (QED) is 0.698. The number of hydrogen-bond donors (Lipinski definition) is 1. The van der Waals surface area contributed by atoms with Gasteiger partial charge in [-0.2, -0.15) is 0 Å². The van der Waals surface area contributed by atoms with E-state index in [1.54, 1.807) is 18.2 Å². The maximum atomic E-state index is 12.9. The number of nitrogens with zero attached hydrogens (tertiary/aromatic N) is 4. The Morgan fingerprint density at radius 3 is 2.62 bits per heavy atom. The van der Waals surface area contributed by atoms with Crippen LogP contribution in [0.1, 0.15) is 30.1 Å². The van der Waals surface area contributed by atoms with Crippen LogP contribution < -0.4 is 5.32 Å². The highest BCUT2D eigenvalue weighted by Gasteiger charge is 2.24. The van der Waals surface area contributed by atoms with Crippen LogP contribution in [-0.2, 0) is 11.2 Å². The van der Waals surface area contributed by atoms with E-state index in [2.05, 4.69) is 20.8 Å². The highest BCUT2D eigenvalue weighted by molar-refractivity contribution is 6.35. The first kappa shape index (κ1) is 18.4. The minimum absolute atomic E-state index is 0.195. The van der Waals surface area contributed by atoms with Crippen molar-refractivity contribution in [2.75, 3.05) is 0 Å². The molecule has 0 radical (unpaired) electrons. The number of halogens is 2. The fourth-order valence-electron chi connectivity index (χ4n) is 2.69. The summed E-state index contributed by atoms with van der Waals surface area (Å²) in [7, 11) is 0. The van der Waals surface area contributed by atoms with E-state index in [4.69, 9.17) is 23.2 Å². The maximum absolute atomic E-state index is 12.9. The average molecular weight is 390 g/mol. The van der Waals surface area contributed by atoms with Crippen LogP contribution in [0.2, 0.25) is 10.0 Å². The number of carbonyl (C=O) groups is 1. The molecule has 0 unspecified atom stereocenters. The molecular weight excluding hydrogens is 373 g/mol. The fourth-order valence-corrected chi connectivity index (χ4v) is 3.27. The number of carbonyl (C=O) groups excluding carboxylic acids is 1. The molecule has 1 aromatic heterocycles. The van der Waals surface area contributed by atoms with Gasteiger partial charge in [-0.15, -0.1) is 5.10 Å². The molecule has 26 heavy (non-hydrogen) atoms. The second kappa shape index (κ2) is 8.29. The van der Waals surface area contributed by atoms with E-state index in [1.807, 2.05) is 37.3 Å². The Kier molecular flexibility index (Phi) is 5.85. The monoisotopic (exact) mass is 389 g/mol. The molecule has 3 rings (SSSR count). The van der Waals surface area contributed by atoms with Crippen LogP contribution >= 0.6 is 23.2 Å². The SMILES string of the molecule is C[C@@H](NC(=O)[C@H](Cc1ccccc1)n1cnnn1)c1ccc(Cl)cc1Cl. The van der Waals surface area contributed by atoms with Gasteiger partial charge in [-0.1, -0.05) is 59.6 Å². The molecule has 1 N–H and O–H groups in total. The number of rotatable bonds is 6. The Morgan fingerprint density at radius 2 is 1.96 bits per heavy atom. The van der Waals surface area contributed by atoms with Crippen LogP contribution in [0, 0.1) is 0 Å². The molecule has 3 aromatic rings. The van der Waals surface area contributed by atoms with E-state index in [0.29, 0.717) is 16.5 Å². The summed E-state index contributed by atoms with van der Waals surface area (Å²) in [5.41, 5.74) is 1.81. The fraction of sp³-hybridized carbons (Fsp3) is 0.222. The number of amides is 1. The predicted octanol–water partition coefficient (Wildman–Crippen LogP) is 3.64. The number of tetrazole rings is 1. The van der Waals surface area contributed by atoms with E-state index in [0.717, 1.165) is 11.1 Å². The first-order valence-corrected chi connectivity index (χ1v) is 8.82. The first-order chi connectivity index (χ1) is 12.5. The number of benzene rings is 2. The lowest BCUT2D eigenvalue weighted by Gasteiger charge is -2.21. The Labute approximate surface area is 161 Å². The van der Waals surface area contributed by atoms with E-state index < -0.39 is 6.04 Å². The molecule has 2 atom stereocenters. The number of aromatic nitrogens is 4. The normalized spacial score (nSPS) is 13.2. The number of hydrogen-bond acceptors (Lipinski definition) is 4. The van der Waals surface area contributed by atoms with Gasteiger partial charge in [0.15, 0.2) is 0 Å². The molecule has 0 saturated carbocycles. The minimum Gasteiger partial charge on any atom is -0.348 e. The van der Waals surface area contributed by atoms with Gasteiger partial charge in [-0.25, -0.2) is 4.68 Å². The Hall–Kier alpha value is -2.44. The predicted molar refractivity (Wildman–Crippen MR) is 100 cm³/mol. The van der Waals surface area contributed by atoms with Gasteiger partial charge in [0.25, 0.3) is 0 Å². The molecule has 8 heteroatoms. The van der Waals surface area contributed by atoms with Gasteiger partial charge >= 0.3 is 0 Å². The molecule has 0 fully saturated rings. The van der Waals surface area contributed by atoms with E-state index >= 15 is 0 Å². The summed E-state index contributed by atoms with van der Waals surface area (Å²) in [4.78, 5) is 12.9. The zero-order chi connectivity index (χ0) is 18.5. The molecule has 0 aliphatic heterocycles. The first-order valence-electron chi connectivity index (χ1n) is 8.06. The molecule has 6 nitrogen and oxygen atoms in total. The maximum Gasteiger partial charge on any atom is 0.245 e. The van der Waals surface area contributed by atoms with E-state index in [1.165, 1.54) is 11.0 Å². The zero-order valence-electron chi connectivity index (χ0n) is 14.0. The minimum atomic E-state index is -0.569. The van der Waals surface area contributed by atoms with Crippen LogP contribution in [-0.4, -0.2) is 26.1 Å².